The summed E-state index contributed by atoms with van der Waals surface area (Å²) < 4.78 is 0. The molecule has 0 saturated heterocycles. The molecule has 0 radical (unpaired) electrons. The van der Waals surface area contributed by atoms with Gasteiger partial charge in [-0.05, 0) is 58.1 Å². The second-order valence-corrected chi connectivity index (χ2v) is 16.7. The molecular weight excluding hydrogens is 636 g/mol. The van der Waals surface area contributed by atoms with Gasteiger partial charge < -0.3 is 0 Å². The van der Waals surface area contributed by atoms with Crippen LogP contribution in [0.4, 0.5) is 11.4 Å². The van der Waals surface area contributed by atoms with E-state index in [4.69, 9.17) is 9.98 Å². The molecule has 1 heterocycles. The van der Waals surface area contributed by atoms with Gasteiger partial charge in [0.25, 0.3) is 0 Å². The van der Waals surface area contributed by atoms with Gasteiger partial charge in [-0.1, -0.05) is 91.8 Å². The van der Waals surface area contributed by atoms with E-state index >= 15 is 0 Å². The van der Waals surface area contributed by atoms with Gasteiger partial charge in [-0.3, -0.25) is 9.98 Å². The van der Waals surface area contributed by atoms with Crippen LogP contribution in [0, 0.1) is 0 Å². The van der Waals surface area contributed by atoms with Crippen molar-refractivity contribution in [2.75, 3.05) is 0 Å². The standard InChI is InChI=1S/C30H38N2S.2BrH.Fe/c1-19(2)25-11-9-12-26(20(3)4)29(25)31-17-23-15-16-24(33-23)18-32-30-27(21(5)6)13-10-14-28(30)22(7)8;;;/h9-22H,1-8H3;2*1H;/q;;;+2/p-2. The summed E-state index contributed by atoms with van der Waals surface area (Å²) in [5, 5.41) is 0. The van der Waals surface area contributed by atoms with Crippen molar-refractivity contribution < 1.29 is 11.3 Å². The topological polar surface area (TPSA) is 24.7 Å². The molecule has 0 aliphatic carbocycles. The van der Waals surface area contributed by atoms with E-state index in [1.165, 1.54) is 22.3 Å². The molecule has 2 aromatic carbocycles. The molecule has 0 bridgehead atoms. The number of rotatable bonds is 8. The Morgan fingerprint density at radius 3 is 1.11 bits per heavy atom. The number of hydrogen-bond acceptors (Lipinski definition) is 3. The monoisotopic (exact) mass is 672 g/mol. The van der Waals surface area contributed by atoms with Crippen LogP contribution in [-0.2, 0) is 11.3 Å². The summed E-state index contributed by atoms with van der Waals surface area (Å²) >= 11 is 8.73. The fourth-order valence-corrected chi connectivity index (χ4v) is 4.84. The summed E-state index contributed by atoms with van der Waals surface area (Å²) in [5.74, 6) is 1.77. The van der Waals surface area contributed by atoms with Gasteiger partial charge in [0.1, 0.15) is 0 Å². The van der Waals surface area contributed by atoms with Crippen LogP contribution in [0.15, 0.2) is 58.5 Å². The first kappa shape index (κ1) is 31.2. The number of para-hydroxylation sites is 2. The van der Waals surface area contributed by atoms with E-state index in [1.807, 2.05) is 12.4 Å². The van der Waals surface area contributed by atoms with E-state index in [0.29, 0.717) is 23.7 Å². The molecular formula is C30H38Br2FeN2S. The fourth-order valence-electron chi connectivity index (χ4n) is 4.09. The number of nitrogens with zero attached hydrogens (tertiary/aromatic N) is 2. The molecule has 0 spiro atoms. The van der Waals surface area contributed by atoms with Crippen molar-refractivity contribution in [3.8, 4) is 0 Å². The zero-order chi connectivity index (χ0) is 26.8. The molecule has 1 aromatic heterocycles. The van der Waals surface area contributed by atoms with E-state index in [2.05, 4.69) is 132 Å². The molecule has 0 fully saturated rings. The van der Waals surface area contributed by atoms with E-state index in [-0.39, 0.29) is 0 Å². The van der Waals surface area contributed by atoms with Crippen molar-refractivity contribution >= 4 is 63.4 Å². The third-order valence-electron chi connectivity index (χ3n) is 5.97. The normalized spacial score (nSPS) is 12.1. The van der Waals surface area contributed by atoms with Crippen molar-refractivity contribution in [3.63, 3.8) is 0 Å². The Bertz CT molecular complexity index is 1020. The van der Waals surface area contributed by atoms with Crippen molar-refractivity contribution in [2.45, 2.75) is 79.1 Å². The molecule has 0 unspecified atom stereocenters. The summed E-state index contributed by atoms with van der Waals surface area (Å²) in [6, 6.07) is 17.4. The number of halogens is 2. The molecule has 0 N–H and O–H groups in total. The molecule has 0 saturated carbocycles. The third-order valence-corrected chi connectivity index (χ3v) is 6.93. The van der Waals surface area contributed by atoms with Crippen LogP contribution in [0.25, 0.3) is 0 Å². The molecule has 0 aliphatic rings. The van der Waals surface area contributed by atoms with Gasteiger partial charge in [0.15, 0.2) is 0 Å². The van der Waals surface area contributed by atoms with Crippen LogP contribution >= 0.6 is 39.6 Å². The summed E-state index contributed by atoms with van der Waals surface area (Å²) in [6.07, 6.45) is 4.02. The van der Waals surface area contributed by atoms with Crippen molar-refractivity contribution in [1.82, 2.24) is 0 Å². The SMILES string of the molecule is CC(C)c1cccc(C(C)C)c1N=Cc1ccc(C=Nc2c(C(C)C)cccc2C(C)C)s1.[Br][Fe][Br]. The summed E-state index contributed by atoms with van der Waals surface area (Å²) in [5.41, 5.74) is 7.48. The first-order valence-corrected chi connectivity index (χ1v) is 18.7. The maximum atomic E-state index is 4.97. The molecule has 6 heteroatoms. The van der Waals surface area contributed by atoms with Gasteiger partial charge in [-0.25, -0.2) is 0 Å². The van der Waals surface area contributed by atoms with Gasteiger partial charge in [-0.2, -0.15) is 0 Å². The summed E-state index contributed by atoms with van der Waals surface area (Å²) in [6.45, 7) is 17.9. The average molecular weight is 674 g/mol. The number of benzene rings is 2. The predicted octanol–water partition coefficient (Wildman–Crippen LogP) is 11.4. The molecule has 0 aliphatic heterocycles. The Hall–Kier alpha value is -1.04. The Morgan fingerprint density at radius 1 is 0.583 bits per heavy atom. The van der Waals surface area contributed by atoms with Gasteiger partial charge in [0.05, 0.1) is 11.4 Å². The summed E-state index contributed by atoms with van der Waals surface area (Å²) in [4.78, 5) is 12.2. The minimum atomic E-state index is 0.443. The molecule has 196 valence electrons. The predicted molar refractivity (Wildman–Crippen MR) is 166 cm³/mol. The van der Waals surface area contributed by atoms with Gasteiger partial charge >= 0.3 is 39.6 Å². The van der Waals surface area contributed by atoms with E-state index in [0.717, 1.165) is 32.5 Å². The number of aliphatic imine (C=N–C) groups is 2. The Balaban J connectivity index is 0.00000145. The second kappa shape index (κ2) is 15.4. The zero-order valence-electron chi connectivity index (χ0n) is 22.5. The Kier molecular flexibility index (Phi) is 13.3. The van der Waals surface area contributed by atoms with E-state index in [1.54, 1.807) is 11.3 Å². The van der Waals surface area contributed by atoms with Crippen LogP contribution in [0.5, 0.6) is 0 Å². The minimum absolute atomic E-state index is 0.443. The van der Waals surface area contributed by atoms with Crippen LogP contribution in [0.1, 0.15) is 111 Å². The average Bonchev–Trinajstić information content (AvgIpc) is 3.28. The van der Waals surface area contributed by atoms with Crippen LogP contribution in [-0.4, -0.2) is 12.4 Å². The fraction of sp³-hybridized carbons (Fsp3) is 0.400. The third kappa shape index (κ3) is 8.77. The second-order valence-electron chi connectivity index (χ2n) is 10.00. The maximum absolute atomic E-state index is 4.97. The quantitative estimate of drug-likeness (QED) is 0.168. The number of thiophene rings is 1. The molecule has 0 amide bonds. The van der Waals surface area contributed by atoms with Crippen LogP contribution in [0.3, 0.4) is 0 Å². The molecule has 2 nitrogen and oxygen atoms in total. The van der Waals surface area contributed by atoms with Crippen LogP contribution in [0.2, 0.25) is 0 Å². The molecule has 3 rings (SSSR count). The zero-order valence-corrected chi connectivity index (χ0v) is 27.6. The Morgan fingerprint density at radius 2 is 0.861 bits per heavy atom. The summed E-state index contributed by atoms with van der Waals surface area (Å²) in [7, 11) is 0. The van der Waals surface area contributed by atoms with Crippen molar-refractivity contribution in [2.24, 2.45) is 9.98 Å². The Labute approximate surface area is 242 Å². The van der Waals surface area contributed by atoms with Crippen LogP contribution < -0.4 is 0 Å². The number of hydrogen-bond donors (Lipinski definition) is 0. The first-order valence-electron chi connectivity index (χ1n) is 12.4. The molecule has 36 heavy (non-hydrogen) atoms. The van der Waals surface area contributed by atoms with Crippen molar-refractivity contribution in [3.05, 3.63) is 80.5 Å². The van der Waals surface area contributed by atoms with Gasteiger partial charge in [0, 0.05) is 22.2 Å². The van der Waals surface area contributed by atoms with E-state index < -0.39 is 0 Å². The van der Waals surface area contributed by atoms with Gasteiger partial charge in [0.2, 0.25) is 0 Å². The molecule has 3 aromatic rings. The van der Waals surface area contributed by atoms with E-state index in [9.17, 15) is 0 Å². The first-order chi connectivity index (χ1) is 17.1. The molecule has 0 atom stereocenters. The van der Waals surface area contributed by atoms with Crippen molar-refractivity contribution in [1.29, 1.82) is 0 Å². The van der Waals surface area contributed by atoms with Gasteiger partial charge in [-0.15, -0.1) is 11.3 Å².